The van der Waals surface area contributed by atoms with Gasteiger partial charge in [0, 0.05) is 50.7 Å². The fourth-order valence-electron chi connectivity index (χ4n) is 3.80. The van der Waals surface area contributed by atoms with Crippen LogP contribution in [0.5, 0.6) is 5.75 Å². The van der Waals surface area contributed by atoms with Gasteiger partial charge in [-0.15, -0.1) is 0 Å². The third-order valence-corrected chi connectivity index (χ3v) is 5.82. The number of carbonyl (C=O) groups is 2. The average Bonchev–Trinajstić information content (AvgIpc) is 3.11. The molecule has 0 aliphatic heterocycles. The minimum atomic E-state index is -0.0374. The Morgan fingerprint density at radius 2 is 1.77 bits per heavy atom. The number of hydrogen-bond donors (Lipinski definition) is 1. The third kappa shape index (κ3) is 7.60. The van der Waals surface area contributed by atoms with Crippen molar-refractivity contribution in [3.63, 3.8) is 0 Å². The molecule has 0 saturated carbocycles. The van der Waals surface area contributed by atoms with E-state index in [0.29, 0.717) is 18.5 Å². The van der Waals surface area contributed by atoms with Crippen LogP contribution in [0.15, 0.2) is 24.4 Å². The fourth-order valence-corrected chi connectivity index (χ4v) is 3.80. The zero-order valence-corrected chi connectivity index (χ0v) is 19.7. The molecule has 0 saturated heterocycles. The van der Waals surface area contributed by atoms with Gasteiger partial charge in [-0.05, 0) is 37.5 Å². The van der Waals surface area contributed by atoms with Gasteiger partial charge in [-0.1, -0.05) is 39.0 Å². The van der Waals surface area contributed by atoms with Crippen molar-refractivity contribution in [1.82, 2.24) is 14.8 Å². The molecule has 0 aliphatic rings. The van der Waals surface area contributed by atoms with Crippen molar-refractivity contribution < 1.29 is 14.3 Å². The Labute approximate surface area is 186 Å². The normalized spacial score (nSPS) is 11.0. The summed E-state index contributed by atoms with van der Waals surface area (Å²) in [5, 5.41) is 3.96. The molecule has 0 spiro atoms. The Hall–Kier alpha value is -2.50. The number of ether oxygens (including phenoxy) is 1. The summed E-state index contributed by atoms with van der Waals surface area (Å²) in [7, 11) is 5.48. The molecule has 0 fully saturated rings. The second-order valence-electron chi connectivity index (χ2n) is 8.33. The predicted octanol–water partition coefficient (Wildman–Crippen LogP) is 4.91. The molecular formula is C25H39N3O3. The van der Waals surface area contributed by atoms with Gasteiger partial charge in [0.25, 0.3) is 5.91 Å². The highest BCUT2D eigenvalue weighted by Crippen LogP contribution is 2.25. The Balaban J connectivity index is 1.61. The zero-order chi connectivity index (χ0) is 22.6. The van der Waals surface area contributed by atoms with Crippen molar-refractivity contribution in [2.24, 2.45) is 7.05 Å². The van der Waals surface area contributed by atoms with Crippen molar-refractivity contribution >= 4 is 22.7 Å². The summed E-state index contributed by atoms with van der Waals surface area (Å²) in [6.45, 7) is 3.69. The van der Waals surface area contributed by atoms with Crippen LogP contribution in [0, 0.1) is 0 Å². The lowest BCUT2D eigenvalue weighted by atomic mass is 10.1. The lowest BCUT2D eigenvalue weighted by Crippen LogP contribution is -2.27. The number of aryl methyl sites for hydroxylation is 1. The van der Waals surface area contributed by atoms with E-state index >= 15 is 0 Å². The number of nitrogens with one attached hydrogen (secondary N) is 1. The number of aromatic nitrogens is 1. The first-order chi connectivity index (χ1) is 15.0. The number of nitrogens with zero attached hydrogens (tertiary/aromatic N) is 2. The van der Waals surface area contributed by atoms with Crippen molar-refractivity contribution in [2.75, 3.05) is 27.2 Å². The first kappa shape index (κ1) is 24.8. The molecule has 172 valence electrons. The van der Waals surface area contributed by atoms with Crippen molar-refractivity contribution in [3.8, 4) is 5.75 Å². The summed E-state index contributed by atoms with van der Waals surface area (Å²) in [5.74, 6) is 0.980. The maximum absolute atomic E-state index is 12.6. The highest BCUT2D eigenvalue weighted by molar-refractivity contribution is 6.07. The van der Waals surface area contributed by atoms with E-state index < -0.39 is 0 Å². The Morgan fingerprint density at radius 1 is 1.06 bits per heavy atom. The van der Waals surface area contributed by atoms with Crippen LogP contribution in [0.4, 0.5) is 0 Å². The number of methoxy groups -OCH3 is 1. The van der Waals surface area contributed by atoms with Crippen molar-refractivity contribution in [1.29, 1.82) is 0 Å². The standard InChI is InChI=1S/C25H39N3O3/c1-5-6-17-27(2)24(29)13-11-9-7-8-10-12-16-26-25(30)22-19-28(3)23-15-14-20(31-4)18-21(22)23/h14-15,18-19H,5-13,16-17H2,1-4H3,(H,26,30). The molecule has 0 bridgehead atoms. The predicted molar refractivity (Wildman–Crippen MR) is 127 cm³/mol. The second-order valence-corrected chi connectivity index (χ2v) is 8.33. The van der Waals surface area contributed by atoms with Gasteiger partial charge in [0.15, 0.2) is 0 Å². The molecule has 6 heteroatoms. The molecule has 0 atom stereocenters. The summed E-state index contributed by atoms with van der Waals surface area (Å²) < 4.78 is 7.27. The van der Waals surface area contributed by atoms with Crippen LogP contribution in [-0.4, -0.2) is 48.5 Å². The maximum atomic E-state index is 12.6. The number of amides is 2. The third-order valence-electron chi connectivity index (χ3n) is 5.82. The van der Waals surface area contributed by atoms with E-state index in [1.165, 1.54) is 0 Å². The Bertz CT molecular complexity index is 844. The second kappa shape index (κ2) is 13.0. The van der Waals surface area contributed by atoms with Crippen LogP contribution >= 0.6 is 0 Å². The number of carbonyl (C=O) groups excluding carboxylic acids is 2. The lowest BCUT2D eigenvalue weighted by Gasteiger charge is -2.16. The van der Waals surface area contributed by atoms with E-state index in [1.807, 2.05) is 48.0 Å². The molecule has 2 aromatic rings. The number of unbranched alkanes of at least 4 members (excludes halogenated alkanes) is 6. The summed E-state index contributed by atoms with van der Waals surface area (Å²) >= 11 is 0. The Kier molecular flexibility index (Phi) is 10.4. The molecule has 31 heavy (non-hydrogen) atoms. The van der Waals surface area contributed by atoms with Gasteiger partial charge in [0.1, 0.15) is 5.75 Å². The smallest absolute Gasteiger partial charge is 0.253 e. The highest BCUT2D eigenvalue weighted by Gasteiger charge is 2.14. The molecule has 6 nitrogen and oxygen atoms in total. The summed E-state index contributed by atoms with van der Waals surface area (Å²) in [5.41, 5.74) is 1.70. The van der Waals surface area contributed by atoms with E-state index in [1.54, 1.807) is 7.11 Å². The molecule has 0 radical (unpaired) electrons. The Morgan fingerprint density at radius 3 is 2.48 bits per heavy atom. The van der Waals surface area contributed by atoms with Gasteiger partial charge in [0.2, 0.25) is 5.91 Å². The van der Waals surface area contributed by atoms with E-state index in [9.17, 15) is 9.59 Å². The molecule has 0 unspecified atom stereocenters. The van der Waals surface area contributed by atoms with Gasteiger partial charge in [-0.2, -0.15) is 0 Å². The minimum absolute atomic E-state index is 0.0374. The molecule has 2 amide bonds. The molecule has 2 rings (SSSR count). The van der Waals surface area contributed by atoms with Gasteiger partial charge in [-0.25, -0.2) is 0 Å². The van der Waals surface area contributed by atoms with E-state index in [4.69, 9.17) is 4.74 Å². The van der Waals surface area contributed by atoms with Crippen LogP contribution in [0.3, 0.4) is 0 Å². The number of benzene rings is 1. The number of hydrogen-bond acceptors (Lipinski definition) is 3. The summed E-state index contributed by atoms with van der Waals surface area (Å²) in [6, 6.07) is 5.79. The fraction of sp³-hybridized carbons (Fsp3) is 0.600. The van der Waals surface area contributed by atoms with Crippen LogP contribution in [0.25, 0.3) is 10.9 Å². The molecule has 0 aliphatic carbocycles. The SMILES string of the molecule is CCCCN(C)C(=O)CCCCCCCCNC(=O)c1cn(C)c2ccc(OC)cc12. The molecule has 1 heterocycles. The average molecular weight is 430 g/mol. The maximum Gasteiger partial charge on any atom is 0.253 e. The first-order valence-corrected chi connectivity index (χ1v) is 11.6. The minimum Gasteiger partial charge on any atom is -0.497 e. The quantitative estimate of drug-likeness (QED) is 0.434. The van der Waals surface area contributed by atoms with Crippen LogP contribution in [0.1, 0.15) is 75.1 Å². The molecular weight excluding hydrogens is 390 g/mol. The van der Waals surface area contributed by atoms with Gasteiger partial charge in [0.05, 0.1) is 12.7 Å². The van der Waals surface area contributed by atoms with Crippen LogP contribution < -0.4 is 10.1 Å². The van der Waals surface area contributed by atoms with Gasteiger partial charge < -0.3 is 19.5 Å². The molecule has 1 aromatic carbocycles. The topological polar surface area (TPSA) is 63.6 Å². The van der Waals surface area contributed by atoms with E-state index in [2.05, 4.69) is 12.2 Å². The van der Waals surface area contributed by atoms with Gasteiger partial charge >= 0.3 is 0 Å². The first-order valence-electron chi connectivity index (χ1n) is 11.6. The van der Waals surface area contributed by atoms with E-state index in [-0.39, 0.29) is 11.8 Å². The molecule has 1 N–H and O–H groups in total. The van der Waals surface area contributed by atoms with Crippen LogP contribution in [-0.2, 0) is 11.8 Å². The van der Waals surface area contributed by atoms with Crippen LogP contribution in [0.2, 0.25) is 0 Å². The van der Waals surface area contributed by atoms with E-state index in [0.717, 1.165) is 74.6 Å². The monoisotopic (exact) mass is 429 g/mol. The largest absolute Gasteiger partial charge is 0.497 e. The van der Waals surface area contributed by atoms with Crippen molar-refractivity contribution in [2.45, 2.75) is 64.7 Å². The number of fused-ring (bicyclic) bond motifs is 1. The number of rotatable bonds is 14. The summed E-state index contributed by atoms with van der Waals surface area (Å²) in [6.07, 6.45) is 11.1. The summed E-state index contributed by atoms with van der Waals surface area (Å²) in [4.78, 5) is 26.5. The van der Waals surface area contributed by atoms with Crippen molar-refractivity contribution in [3.05, 3.63) is 30.0 Å². The lowest BCUT2D eigenvalue weighted by molar-refractivity contribution is -0.130. The highest BCUT2D eigenvalue weighted by atomic mass is 16.5. The molecule has 1 aromatic heterocycles. The zero-order valence-electron chi connectivity index (χ0n) is 19.7. The van der Waals surface area contributed by atoms with Gasteiger partial charge in [-0.3, -0.25) is 9.59 Å².